The topological polar surface area (TPSA) is 49.2 Å². The molecule has 1 aliphatic heterocycles. The van der Waals surface area contributed by atoms with Crippen molar-refractivity contribution in [2.24, 2.45) is 5.92 Å². The Morgan fingerprint density at radius 3 is 3.05 bits per heavy atom. The van der Waals surface area contributed by atoms with Crippen LogP contribution in [0.1, 0.15) is 18.2 Å². The van der Waals surface area contributed by atoms with Crippen molar-refractivity contribution in [3.8, 4) is 0 Å². The van der Waals surface area contributed by atoms with Crippen molar-refractivity contribution in [1.29, 1.82) is 0 Å². The third-order valence-electron chi connectivity index (χ3n) is 3.81. The van der Waals surface area contributed by atoms with Crippen molar-refractivity contribution >= 4 is 39.0 Å². The zero-order chi connectivity index (χ0) is 13.6. The maximum atomic E-state index is 9.60. The van der Waals surface area contributed by atoms with Crippen molar-refractivity contribution in [3.63, 3.8) is 0 Å². The zero-order valence-electron chi connectivity index (χ0n) is 10.9. The van der Waals surface area contributed by atoms with E-state index in [4.69, 9.17) is 11.6 Å². The van der Waals surface area contributed by atoms with Crippen molar-refractivity contribution < 1.29 is 5.11 Å². The second-order valence-corrected chi connectivity index (χ2v) is 6.67. The Kier molecular flexibility index (Phi) is 3.37. The number of fused-ring (bicyclic) bond motifs is 1. The quantitative estimate of drug-likeness (QED) is 0.866. The number of nitrogens with zero attached hydrogens (tertiary/aromatic N) is 3. The number of anilines is 1. The summed E-state index contributed by atoms with van der Waals surface area (Å²) in [5.74, 6) is 1.33. The fraction of sp³-hybridized carbons (Fsp3) is 0.538. The van der Waals surface area contributed by atoms with Crippen molar-refractivity contribution in [2.45, 2.75) is 26.3 Å². The van der Waals surface area contributed by atoms with Gasteiger partial charge in [0.2, 0.25) is 5.28 Å². The van der Waals surface area contributed by atoms with Gasteiger partial charge in [-0.05, 0) is 36.9 Å². The van der Waals surface area contributed by atoms with Crippen LogP contribution in [0.5, 0.6) is 0 Å². The summed E-state index contributed by atoms with van der Waals surface area (Å²) >= 11 is 7.66. The third-order valence-corrected chi connectivity index (χ3v) is 4.92. The van der Waals surface area contributed by atoms with E-state index in [1.165, 1.54) is 4.88 Å². The third kappa shape index (κ3) is 2.20. The molecule has 1 saturated heterocycles. The number of rotatable bonds is 2. The molecular weight excluding hydrogens is 282 g/mol. The van der Waals surface area contributed by atoms with Gasteiger partial charge >= 0.3 is 0 Å². The standard InChI is InChI=1S/C13H16ClN3OS/c1-7-3-4-17(10(7)6-18)11-9-5-8(2)19-12(9)16-13(14)15-11/h5,7,10,18H,3-4,6H2,1-2H3. The number of thiophene rings is 1. The Labute approximate surface area is 121 Å². The van der Waals surface area contributed by atoms with Crippen LogP contribution in [-0.4, -0.2) is 34.3 Å². The van der Waals surface area contributed by atoms with E-state index in [0.717, 1.165) is 29.0 Å². The Hall–Kier alpha value is -0.910. The van der Waals surface area contributed by atoms with Crippen molar-refractivity contribution in [2.75, 3.05) is 18.1 Å². The van der Waals surface area contributed by atoms with Gasteiger partial charge in [-0.3, -0.25) is 0 Å². The average Bonchev–Trinajstić information content (AvgIpc) is 2.90. The lowest BCUT2D eigenvalue weighted by Crippen LogP contribution is -2.35. The molecule has 0 aromatic carbocycles. The van der Waals surface area contributed by atoms with Gasteiger partial charge in [0, 0.05) is 11.4 Å². The average molecular weight is 298 g/mol. The largest absolute Gasteiger partial charge is 0.394 e. The molecule has 3 heterocycles. The van der Waals surface area contributed by atoms with Crippen LogP contribution in [-0.2, 0) is 0 Å². The molecule has 2 unspecified atom stereocenters. The van der Waals surface area contributed by atoms with E-state index >= 15 is 0 Å². The van der Waals surface area contributed by atoms with Crippen LogP contribution in [0.3, 0.4) is 0 Å². The van der Waals surface area contributed by atoms with Crippen LogP contribution >= 0.6 is 22.9 Å². The first-order valence-electron chi connectivity index (χ1n) is 6.41. The molecule has 102 valence electrons. The first-order chi connectivity index (χ1) is 9.10. The summed E-state index contributed by atoms with van der Waals surface area (Å²) < 4.78 is 0. The van der Waals surface area contributed by atoms with Gasteiger partial charge in [-0.2, -0.15) is 4.98 Å². The van der Waals surface area contributed by atoms with E-state index in [-0.39, 0.29) is 17.9 Å². The predicted octanol–water partition coefficient (Wildman–Crippen LogP) is 2.86. The molecule has 1 N–H and O–H groups in total. The minimum absolute atomic E-state index is 0.120. The van der Waals surface area contributed by atoms with E-state index in [1.807, 2.05) is 0 Å². The van der Waals surface area contributed by atoms with Gasteiger partial charge in [0.15, 0.2) is 0 Å². The molecule has 0 spiro atoms. The smallest absolute Gasteiger partial charge is 0.225 e. The number of aryl methyl sites for hydroxylation is 1. The summed E-state index contributed by atoms with van der Waals surface area (Å²) in [6.45, 7) is 5.27. The Bertz CT molecular complexity index is 615. The summed E-state index contributed by atoms with van der Waals surface area (Å²) in [5.41, 5.74) is 0. The number of aromatic nitrogens is 2. The van der Waals surface area contributed by atoms with E-state index < -0.39 is 0 Å². The summed E-state index contributed by atoms with van der Waals surface area (Å²) in [6.07, 6.45) is 1.07. The maximum Gasteiger partial charge on any atom is 0.225 e. The molecule has 6 heteroatoms. The second-order valence-electron chi connectivity index (χ2n) is 5.10. The first kappa shape index (κ1) is 13.1. The van der Waals surface area contributed by atoms with Crippen molar-refractivity contribution in [3.05, 3.63) is 16.2 Å². The number of hydrogen-bond donors (Lipinski definition) is 1. The molecule has 19 heavy (non-hydrogen) atoms. The first-order valence-corrected chi connectivity index (χ1v) is 7.60. The van der Waals surface area contributed by atoms with E-state index in [9.17, 15) is 5.11 Å². The highest BCUT2D eigenvalue weighted by atomic mass is 35.5. The van der Waals surface area contributed by atoms with Gasteiger partial charge in [0.1, 0.15) is 10.6 Å². The fourth-order valence-corrected chi connectivity index (χ4v) is 3.86. The highest BCUT2D eigenvalue weighted by molar-refractivity contribution is 7.18. The van der Waals surface area contributed by atoms with Gasteiger partial charge in [-0.1, -0.05) is 6.92 Å². The SMILES string of the molecule is Cc1cc2c(N3CCC(C)C3CO)nc(Cl)nc2s1. The number of aliphatic hydroxyl groups excluding tert-OH is 1. The van der Waals surface area contributed by atoms with Gasteiger partial charge in [0.25, 0.3) is 0 Å². The molecule has 4 nitrogen and oxygen atoms in total. The molecule has 1 fully saturated rings. The van der Waals surface area contributed by atoms with Gasteiger partial charge in [-0.25, -0.2) is 4.98 Å². The maximum absolute atomic E-state index is 9.60. The minimum Gasteiger partial charge on any atom is -0.394 e. The summed E-state index contributed by atoms with van der Waals surface area (Å²) in [6, 6.07) is 2.22. The lowest BCUT2D eigenvalue weighted by molar-refractivity contribution is 0.244. The molecule has 3 rings (SSSR count). The van der Waals surface area contributed by atoms with E-state index in [0.29, 0.717) is 5.92 Å². The number of aliphatic hydroxyl groups is 1. The van der Waals surface area contributed by atoms with Gasteiger partial charge in [0.05, 0.1) is 18.0 Å². The molecule has 2 atom stereocenters. The number of halogens is 1. The van der Waals surface area contributed by atoms with Crippen LogP contribution < -0.4 is 4.90 Å². The normalized spacial score (nSPS) is 23.5. The predicted molar refractivity (Wildman–Crippen MR) is 79.2 cm³/mol. The molecule has 0 radical (unpaired) electrons. The molecule has 0 bridgehead atoms. The Morgan fingerprint density at radius 1 is 1.53 bits per heavy atom. The Morgan fingerprint density at radius 2 is 2.32 bits per heavy atom. The summed E-state index contributed by atoms with van der Waals surface area (Å²) in [7, 11) is 0. The second kappa shape index (κ2) is 4.89. The molecular formula is C13H16ClN3OS. The summed E-state index contributed by atoms with van der Waals surface area (Å²) in [5, 5.41) is 10.9. The highest BCUT2D eigenvalue weighted by Gasteiger charge is 2.32. The van der Waals surface area contributed by atoms with E-state index in [2.05, 4.69) is 34.8 Å². The van der Waals surface area contributed by atoms with Gasteiger partial charge in [-0.15, -0.1) is 11.3 Å². The van der Waals surface area contributed by atoms with Crippen LogP contribution in [0.15, 0.2) is 6.07 Å². The minimum atomic E-state index is 0.120. The lowest BCUT2D eigenvalue weighted by Gasteiger charge is -2.26. The van der Waals surface area contributed by atoms with Crippen LogP contribution in [0.2, 0.25) is 5.28 Å². The summed E-state index contributed by atoms with van der Waals surface area (Å²) in [4.78, 5) is 13.0. The molecule has 2 aromatic heterocycles. The van der Waals surface area contributed by atoms with Crippen molar-refractivity contribution in [1.82, 2.24) is 9.97 Å². The molecule has 1 aliphatic rings. The van der Waals surface area contributed by atoms with Gasteiger partial charge < -0.3 is 10.0 Å². The zero-order valence-corrected chi connectivity index (χ0v) is 12.5. The van der Waals surface area contributed by atoms with Crippen LogP contribution in [0, 0.1) is 12.8 Å². The molecule has 0 saturated carbocycles. The highest BCUT2D eigenvalue weighted by Crippen LogP contribution is 2.36. The Balaban J connectivity index is 2.13. The fourth-order valence-electron chi connectivity index (χ4n) is 2.77. The molecule has 0 aliphatic carbocycles. The lowest BCUT2D eigenvalue weighted by atomic mass is 10.0. The number of hydrogen-bond acceptors (Lipinski definition) is 5. The van der Waals surface area contributed by atoms with Crippen LogP contribution in [0.4, 0.5) is 5.82 Å². The van der Waals surface area contributed by atoms with Crippen LogP contribution in [0.25, 0.3) is 10.2 Å². The molecule has 2 aromatic rings. The van der Waals surface area contributed by atoms with E-state index in [1.54, 1.807) is 11.3 Å². The monoisotopic (exact) mass is 297 g/mol. The molecule has 0 amide bonds.